The first-order valence-corrected chi connectivity index (χ1v) is 5.40. The van der Waals surface area contributed by atoms with Gasteiger partial charge < -0.3 is 15.6 Å². The molecule has 0 bridgehead atoms. The number of hydrogen-bond donors (Lipinski definition) is 2. The first-order chi connectivity index (χ1) is 8.08. The number of carbonyl (C=O) groups is 1. The largest absolute Gasteiger partial charge is 0.437 e. The Hall–Kier alpha value is -0.936. The van der Waals surface area contributed by atoms with Crippen LogP contribution in [-0.4, -0.2) is 22.9 Å². The van der Waals surface area contributed by atoms with Crippen LogP contribution in [0.1, 0.15) is 22.6 Å². The summed E-state index contributed by atoms with van der Waals surface area (Å²) in [7, 11) is 1.84. The summed E-state index contributed by atoms with van der Waals surface area (Å²) in [5, 5.41) is 2.84. The number of nitrogens with zero attached hydrogens (tertiary/aromatic N) is 2. The van der Waals surface area contributed by atoms with Crippen LogP contribution in [-0.2, 0) is 39.8 Å². The van der Waals surface area contributed by atoms with Crippen LogP contribution in [0.4, 0.5) is 0 Å². The summed E-state index contributed by atoms with van der Waals surface area (Å²) < 4.78 is 1.81. The van der Waals surface area contributed by atoms with Gasteiger partial charge >= 0.3 is 0 Å². The molecule has 18 heavy (non-hydrogen) atoms. The Kier molecular flexibility index (Phi) is 5.29. The molecule has 1 aromatic rings. The predicted octanol–water partition coefficient (Wildman–Crippen LogP) is 0.506. The van der Waals surface area contributed by atoms with Crippen LogP contribution in [0.5, 0.6) is 0 Å². The van der Waals surface area contributed by atoms with E-state index in [0.717, 1.165) is 11.3 Å². The Morgan fingerprint density at radius 1 is 1.67 bits per heavy atom. The standard InChI is InChI=1S/C12H15N4O.Y/c1-8-3-4-10(16(8)2)12(17)15-7-9-5-11(13)14-6-9;/h4,6H,5,7H2,1-2H3,(H2,13,14)(H,15,17);/q-1;. The fourth-order valence-electron chi connectivity index (χ4n) is 1.66. The maximum absolute atomic E-state index is 11.9. The number of hydrogen-bond acceptors (Lipinski definition) is 3. The van der Waals surface area contributed by atoms with Crippen molar-refractivity contribution in [2.45, 2.75) is 13.3 Å². The Labute approximate surface area is 131 Å². The van der Waals surface area contributed by atoms with Gasteiger partial charge in [0, 0.05) is 51.9 Å². The van der Waals surface area contributed by atoms with Gasteiger partial charge in [-0.15, -0.1) is 0 Å². The van der Waals surface area contributed by atoms with Crippen LogP contribution in [0.15, 0.2) is 22.8 Å². The molecular formula is C12H15N4OY-. The van der Waals surface area contributed by atoms with Gasteiger partial charge in [0.2, 0.25) is 0 Å². The number of amides is 1. The van der Waals surface area contributed by atoms with Gasteiger partial charge in [0.1, 0.15) is 5.84 Å². The third-order valence-corrected chi connectivity index (χ3v) is 2.81. The molecule has 1 aliphatic heterocycles. The topological polar surface area (TPSA) is 72.4 Å². The maximum Gasteiger partial charge on any atom is 0.185 e. The Balaban J connectivity index is 0.00000162. The smallest absolute Gasteiger partial charge is 0.185 e. The molecule has 93 valence electrons. The Morgan fingerprint density at radius 2 is 2.39 bits per heavy atom. The fourth-order valence-corrected chi connectivity index (χ4v) is 1.66. The second-order valence-corrected chi connectivity index (χ2v) is 4.09. The summed E-state index contributed by atoms with van der Waals surface area (Å²) >= 11 is 0. The van der Waals surface area contributed by atoms with Crippen molar-refractivity contribution in [1.29, 1.82) is 0 Å². The van der Waals surface area contributed by atoms with Crippen molar-refractivity contribution < 1.29 is 37.5 Å². The zero-order valence-corrected chi connectivity index (χ0v) is 13.4. The van der Waals surface area contributed by atoms with Crippen molar-refractivity contribution in [1.82, 2.24) is 9.88 Å². The molecule has 6 heteroatoms. The number of nitrogens with two attached hydrogens (primary N) is 1. The van der Waals surface area contributed by atoms with Gasteiger partial charge in [0.15, 0.2) is 5.91 Å². The summed E-state index contributed by atoms with van der Waals surface area (Å²) in [4.78, 5) is 15.8. The van der Waals surface area contributed by atoms with Crippen molar-refractivity contribution in [2.24, 2.45) is 17.8 Å². The van der Waals surface area contributed by atoms with E-state index >= 15 is 0 Å². The third kappa shape index (κ3) is 3.30. The number of nitrogens with one attached hydrogen (secondary N) is 1. The van der Waals surface area contributed by atoms with E-state index in [1.807, 2.05) is 18.5 Å². The van der Waals surface area contributed by atoms with Gasteiger partial charge in [-0.2, -0.15) is 0 Å². The molecule has 0 fully saturated rings. The van der Waals surface area contributed by atoms with Crippen molar-refractivity contribution in [2.75, 3.05) is 6.54 Å². The molecule has 0 saturated heterocycles. The Bertz CT molecular complexity index is 516. The van der Waals surface area contributed by atoms with Gasteiger partial charge in [0.05, 0.1) is 0 Å². The number of aryl methyl sites for hydroxylation is 1. The van der Waals surface area contributed by atoms with Crippen LogP contribution in [0.2, 0.25) is 0 Å². The SMILES string of the molecule is Cc1[c-]cc(C(=O)NCC2=CN=C(N)C2)n1C.[Y]. The average molecular weight is 320 g/mol. The molecule has 1 radical (unpaired) electrons. The zero-order valence-electron chi connectivity index (χ0n) is 10.5. The quantitative estimate of drug-likeness (QED) is 0.797. The molecule has 1 aromatic heterocycles. The molecule has 1 amide bonds. The summed E-state index contributed by atoms with van der Waals surface area (Å²) in [6.45, 7) is 2.39. The molecule has 3 N–H and O–H groups in total. The van der Waals surface area contributed by atoms with Crippen LogP contribution in [0.3, 0.4) is 0 Å². The van der Waals surface area contributed by atoms with E-state index in [0.29, 0.717) is 24.5 Å². The summed E-state index contributed by atoms with van der Waals surface area (Å²) in [5.41, 5.74) is 8.11. The van der Waals surface area contributed by atoms with Crippen molar-refractivity contribution in [3.05, 3.63) is 35.3 Å². The molecule has 1 aliphatic rings. The van der Waals surface area contributed by atoms with Crippen LogP contribution in [0.25, 0.3) is 0 Å². The van der Waals surface area contributed by atoms with Crippen LogP contribution >= 0.6 is 0 Å². The minimum absolute atomic E-state index is 0. The molecule has 2 heterocycles. The third-order valence-electron chi connectivity index (χ3n) is 2.81. The fraction of sp³-hybridized carbons (Fsp3) is 0.333. The average Bonchev–Trinajstić information content (AvgIpc) is 2.84. The van der Waals surface area contributed by atoms with E-state index in [2.05, 4.69) is 16.4 Å². The zero-order chi connectivity index (χ0) is 12.4. The van der Waals surface area contributed by atoms with E-state index < -0.39 is 0 Å². The van der Waals surface area contributed by atoms with Crippen molar-refractivity contribution in [3.8, 4) is 0 Å². The number of rotatable bonds is 3. The van der Waals surface area contributed by atoms with Crippen LogP contribution in [0, 0.1) is 13.0 Å². The van der Waals surface area contributed by atoms with Crippen molar-refractivity contribution in [3.63, 3.8) is 0 Å². The summed E-state index contributed by atoms with van der Waals surface area (Å²) in [6.07, 6.45) is 2.34. The molecule has 2 rings (SSSR count). The van der Waals surface area contributed by atoms with E-state index in [1.54, 1.807) is 12.3 Å². The second kappa shape index (κ2) is 6.29. The number of aromatic nitrogens is 1. The number of aliphatic imine (C=N–C) groups is 1. The van der Waals surface area contributed by atoms with E-state index in [9.17, 15) is 4.79 Å². The van der Waals surface area contributed by atoms with Gasteiger partial charge in [-0.25, -0.2) is 17.1 Å². The second-order valence-electron chi connectivity index (χ2n) is 4.09. The molecular weight excluding hydrogens is 305 g/mol. The van der Waals surface area contributed by atoms with Gasteiger partial charge in [-0.1, -0.05) is 5.69 Å². The van der Waals surface area contributed by atoms with Crippen molar-refractivity contribution >= 4 is 11.7 Å². The molecule has 0 aromatic carbocycles. The molecule has 0 unspecified atom stereocenters. The van der Waals surface area contributed by atoms with Gasteiger partial charge in [-0.3, -0.25) is 4.79 Å². The van der Waals surface area contributed by atoms with Crippen LogP contribution < -0.4 is 11.1 Å². The normalized spacial score (nSPS) is 13.7. The maximum atomic E-state index is 11.9. The van der Waals surface area contributed by atoms with Gasteiger partial charge in [-0.05, 0) is 25.2 Å². The van der Waals surface area contributed by atoms with E-state index in [4.69, 9.17) is 5.73 Å². The summed E-state index contributed by atoms with van der Waals surface area (Å²) in [6, 6.07) is 4.69. The molecule has 0 aliphatic carbocycles. The first-order valence-electron chi connectivity index (χ1n) is 5.40. The molecule has 0 spiro atoms. The molecule has 0 saturated carbocycles. The Morgan fingerprint density at radius 3 is 2.89 bits per heavy atom. The van der Waals surface area contributed by atoms with Gasteiger partial charge in [0.25, 0.3) is 0 Å². The number of amidine groups is 1. The predicted molar refractivity (Wildman–Crippen MR) is 65.6 cm³/mol. The monoisotopic (exact) mass is 320 g/mol. The van der Waals surface area contributed by atoms with E-state index in [1.165, 1.54) is 0 Å². The van der Waals surface area contributed by atoms with E-state index in [-0.39, 0.29) is 38.6 Å². The molecule has 5 nitrogen and oxygen atoms in total. The number of carbonyl (C=O) groups excluding carboxylic acids is 1. The first kappa shape index (κ1) is 15.1. The minimum Gasteiger partial charge on any atom is -0.437 e. The minimum atomic E-state index is -0.108. The molecule has 0 atom stereocenters. The summed E-state index contributed by atoms with van der Waals surface area (Å²) in [5.74, 6) is 0.487.